The molecule has 5 aromatic rings. The van der Waals surface area contributed by atoms with Crippen LogP contribution in [0.1, 0.15) is 22.8 Å². The maximum atomic E-state index is 15.6. The molecule has 0 amide bonds. The van der Waals surface area contributed by atoms with Crippen LogP contribution in [0.3, 0.4) is 0 Å². The Morgan fingerprint density at radius 2 is 1.61 bits per heavy atom. The molecule has 11 heteroatoms. The molecule has 1 N–H and O–H groups in total. The van der Waals surface area contributed by atoms with E-state index in [0.29, 0.717) is 69.6 Å². The first-order valence-electron chi connectivity index (χ1n) is 14.4. The summed E-state index contributed by atoms with van der Waals surface area (Å²) in [5.41, 5.74) is 3.96. The van der Waals surface area contributed by atoms with Crippen LogP contribution in [-0.4, -0.2) is 66.5 Å². The minimum absolute atomic E-state index is 0.230. The highest BCUT2D eigenvalue weighted by molar-refractivity contribution is 6.36. The number of fused-ring (bicyclic) bond motifs is 1. The van der Waals surface area contributed by atoms with E-state index in [2.05, 4.69) is 5.10 Å². The van der Waals surface area contributed by atoms with Gasteiger partial charge in [0.2, 0.25) is 0 Å². The van der Waals surface area contributed by atoms with Gasteiger partial charge in [-0.1, -0.05) is 41.9 Å². The van der Waals surface area contributed by atoms with Crippen LogP contribution in [0, 0.1) is 11.2 Å². The van der Waals surface area contributed by atoms with Crippen molar-refractivity contribution in [2.75, 3.05) is 34.4 Å². The summed E-state index contributed by atoms with van der Waals surface area (Å²) in [5, 5.41) is 15.3. The van der Waals surface area contributed by atoms with Crippen LogP contribution in [0.4, 0.5) is 4.39 Å². The number of nitrogens with zero attached hydrogens (tertiary/aromatic N) is 3. The van der Waals surface area contributed by atoms with Gasteiger partial charge in [0.1, 0.15) is 23.1 Å². The van der Waals surface area contributed by atoms with Crippen molar-refractivity contribution in [3.63, 3.8) is 0 Å². The van der Waals surface area contributed by atoms with Gasteiger partial charge in [-0.25, -0.2) is 9.07 Å². The average molecular weight is 644 g/mol. The van der Waals surface area contributed by atoms with Crippen LogP contribution in [-0.2, 0) is 11.3 Å². The van der Waals surface area contributed by atoms with Gasteiger partial charge in [0.25, 0.3) is 0 Å². The van der Waals surface area contributed by atoms with Crippen LogP contribution in [0.2, 0.25) is 5.02 Å². The van der Waals surface area contributed by atoms with Gasteiger partial charge in [-0.05, 0) is 36.2 Å². The first kappa shape index (κ1) is 31.1. The van der Waals surface area contributed by atoms with E-state index in [1.54, 1.807) is 36.0 Å². The third-order valence-corrected chi connectivity index (χ3v) is 8.93. The fraction of sp³-hybridized carbons (Fsp3) is 0.229. The molecule has 0 bridgehead atoms. The van der Waals surface area contributed by atoms with Crippen LogP contribution >= 0.6 is 11.6 Å². The number of hydrogen-bond donors (Lipinski definition) is 1. The fourth-order valence-electron chi connectivity index (χ4n) is 6.13. The van der Waals surface area contributed by atoms with E-state index in [-0.39, 0.29) is 6.54 Å². The number of carboxylic acids is 1. The summed E-state index contributed by atoms with van der Waals surface area (Å²) in [6.45, 7) is 2.57. The quantitative estimate of drug-likeness (QED) is 0.164. The van der Waals surface area contributed by atoms with Crippen LogP contribution in [0.25, 0.3) is 38.8 Å². The Morgan fingerprint density at radius 1 is 0.978 bits per heavy atom. The lowest BCUT2D eigenvalue weighted by atomic mass is 9.82. The van der Waals surface area contributed by atoms with E-state index in [1.807, 2.05) is 41.3 Å². The summed E-state index contributed by atoms with van der Waals surface area (Å²) in [6, 6.07) is 18.0. The monoisotopic (exact) mass is 643 g/mol. The summed E-state index contributed by atoms with van der Waals surface area (Å²) in [5.74, 6) is -0.253. The van der Waals surface area contributed by atoms with Crippen molar-refractivity contribution < 1.29 is 33.3 Å². The maximum absolute atomic E-state index is 15.6. The summed E-state index contributed by atoms with van der Waals surface area (Å²) in [6.07, 6.45) is 2.43. The summed E-state index contributed by atoms with van der Waals surface area (Å²) >= 11 is 7.06. The lowest BCUT2D eigenvalue weighted by Gasteiger charge is -2.45. The number of methoxy groups -OCH3 is 3. The molecule has 0 spiro atoms. The Balaban J connectivity index is 1.38. The smallest absolute Gasteiger partial charge is 0.311 e. The van der Waals surface area contributed by atoms with Gasteiger partial charge < -0.3 is 19.3 Å². The van der Waals surface area contributed by atoms with Crippen molar-refractivity contribution in [1.29, 1.82) is 0 Å². The largest absolute Gasteiger partial charge is 0.496 e. The molecule has 6 rings (SSSR count). The normalized spacial score (nSPS) is 14.1. The molecule has 1 saturated heterocycles. The van der Waals surface area contributed by atoms with Crippen molar-refractivity contribution in [1.82, 2.24) is 14.7 Å². The Bertz CT molecular complexity index is 1980. The van der Waals surface area contributed by atoms with Crippen LogP contribution < -0.4 is 14.2 Å². The van der Waals surface area contributed by atoms with E-state index in [0.717, 1.165) is 22.0 Å². The highest BCUT2D eigenvalue weighted by Gasteiger charge is 2.45. The number of hydrogen-bond acceptors (Lipinski definition) is 7. The SMILES string of the molecule is COc1cc(-n2ncc3c(-c4cccc(-c5cc(F)c(CN6CC(C)(C(=O)O)C6)c(OC)c5)c4Cl)cccc32)cc(OC)c1C=O. The van der Waals surface area contributed by atoms with Crippen molar-refractivity contribution in [3.8, 4) is 45.2 Å². The molecule has 4 aromatic carbocycles. The fourth-order valence-corrected chi connectivity index (χ4v) is 6.47. The zero-order valence-electron chi connectivity index (χ0n) is 25.6. The number of carbonyl (C=O) groups excluding carboxylic acids is 1. The third-order valence-electron chi connectivity index (χ3n) is 8.52. The number of aldehydes is 1. The Kier molecular flexibility index (Phi) is 8.18. The average Bonchev–Trinajstić information content (AvgIpc) is 3.48. The number of halogens is 2. The predicted octanol–water partition coefficient (Wildman–Crippen LogP) is 6.90. The van der Waals surface area contributed by atoms with Crippen LogP contribution in [0.15, 0.2) is 66.9 Å². The van der Waals surface area contributed by atoms with E-state index in [4.69, 9.17) is 25.8 Å². The van der Waals surface area contributed by atoms with Gasteiger partial charge in [0.15, 0.2) is 6.29 Å². The number of benzene rings is 4. The molecule has 9 nitrogen and oxygen atoms in total. The molecule has 0 unspecified atom stereocenters. The zero-order valence-corrected chi connectivity index (χ0v) is 26.4. The molecule has 0 aliphatic carbocycles. The number of aromatic nitrogens is 2. The van der Waals surface area contributed by atoms with E-state index in [9.17, 15) is 14.7 Å². The van der Waals surface area contributed by atoms with Crippen molar-refractivity contribution >= 4 is 34.8 Å². The molecular weight excluding hydrogens is 613 g/mol. The summed E-state index contributed by atoms with van der Waals surface area (Å²) < 4.78 is 33.8. The van der Waals surface area contributed by atoms with Gasteiger partial charge in [-0.3, -0.25) is 14.5 Å². The van der Waals surface area contributed by atoms with Crippen molar-refractivity contribution in [2.24, 2.45) is 5.41 Å². The molecule has 1 aromatic heterocycles. The molecule has 1 fully saturated rings. The van der Waals surface area contributed by atoms with E-state index in [1.165, 1.54) is 27.4 Å². The molecule has 0 radical (unpaired) electrons. The highest BCUT2D eigenvalue weighted by Crippen LogP contribution is 2.42. The standard InChI is InChI=1S/C35H31ClFN3O6/c1-35(34(42)43)18-39(19-35)16-26-28(37)11-20(12-30(26)44-2)22-7-5-9-24(33(22)36)23-8-6-10-29-25(23)15-38-40(29)21-13-31(45-3)27(17-41)32(14-21)46-4/h5-15,17H,16,18-19H2,1-4H3,(H,42,43). The Hall–Kier alpha value is -4.93. The lowest BCUT2D eigenvalue weighted by molar-refractivity contribution is -0.159. The first-order valence-corrected chi connectivity index (χ1v) is 14.8. The molecular formula is C35H31ClFN3O6. The maximum Gasteiger partial charge on any atom is 0.311 e. The second-order valence-electron chi connectivity index (χ2n) is 11.5. The predicted molar refractivity (Wildman–Crippen MR) is 173 cm³/mol. The van der Waals surface area contributed by atoms with Gasteiger partial charge in [-0.2, -0.15) is 5.10 Å². The number of carbonyl (C=O) groups is 2. The van der Waals surface area contributed by atoms with E-state index < -0.39 is 17.2 Å². The molecule has 1 aliphatic heterocycles. The van der Waals surface area contributed by atoms with Crippen molar-refractivity contribution in [3.05, 3.63) is 88.8 Å². The Labute approximate surface area is 269 Å². The number of aliphatic carboxylic acids is 1. The summed E-state index contributed by atoms with van der Waals surface area (Å²) in [4.78, 5) is 25.0. The second kappa shape index (κ2) is 12.1. The van der Waals surface area contributed by atoms with Gasteiger partial charge in [-0.15, -0.1) is 0 Å². The van der Waals surface area contributed by atoms with Gasteiger partial charge in [0.05, 0.1) is 54.7 Å². The molecule has 236 valence electrons. The van der Waals surface area contributed by atoms with E-state index >= 15 is 4.39 Å². The minimum atomic E-state index is -0.863. The molecule has 2 heterocycles. The first-order chi connectivity index (χ1) is 22.1. The number of rotatable bonds is 10. The molecule has 0 atom stereocenters. The number of carboxylic acid groups (broad SMARTS) is 1. The Morgan fingerprint density at radius 3 is 2.24 bits per heavy atom. The van der Waals surface area contributed by atoms with Gasteiger partial charge in [0, 0.05) is 53.8 Å². The topological polar surface area (TPSA) is 103 Å². The minimum Gasteiger partial charge on any atom is -0.496 e. The third kappa shape index (κ3) is 5.23. The van der Waals surface area contributed by atoms with Crippen LogP contribution in [0.5, 0.6) is 17.2 Å². The second-order valence-corrected chi connectivity index (χ2v) is 11.9. The zero-order chi connectivity index (χ0) is 32.7. The summed E-state index contributed by atoms with van der Waals surface area (Å²) in [7, 11) is 4.45. The number of likely N-dealkylation sites (tertiary alicyclic amines) is 1. The van der Waals surface area contributed by atoms with Gasteiger partial charge >= 0.3 is 5.97 Å². The molecule has 1 aliphatic rings. The molecule has 0 saturated carbocycles. The lowest BCUT2D eigenvalue weighted by Crippen LogP contribution is -2.58. The number of ether oxygens (including phenoxy) is 3. The highest BCUT2D eigenvalue weighted by atomic mass is 35.5. The molecule has 46 heavy (non-hydrogen) atoms. The van der Waals surface area contributed by atoms with Crippen molar-refractivity contribution in [2.45, 2.75) is 13.5 Å².